The zero-order valence-corrected chi connectivity index (χ0v) is 20.1. The van der Waals surface area contributed by atoms with Gasteiger partial charge in [-0.1, -0.05) is 48.0 Å². The molecule has 3 rings (SSSR count). The van der Waals surface area contributed by atoms with Gasteiger partial charge in [0.15, 0.2) is 0 Å². The summed E-state index contributed by atoms with van der Waals surface area (Å²) in [6.45, 7) is 0.313. The predicted molar refractivity (Wildman–Crippen MR) is 132 cm³/mol. The molecule has 0 saturated carbocycles. The molecule has 0 fully saturated rings. The van der Waals surface area contributed by atoms with Crippen molar-refractivity contribution in [2.75, 3.05) is 0 Å². The van der Waals surface area contributed by atoms with E-state index >= 15 is 0 Å². The quantitative estimate of drug-likeness (QED) is 0.174. The second kappa shape index (κ2) is 10.1. The number of hydrogen-bond acceptors (Lipinski definition) is 3. The van der Waals surface area contributed by atoms with E-state index in [-0.39, 0.29) is 0 Å². The van der Waals surface area contributed by atoms with Gasteiger partial charge in [-0.05, 0) is 81.1 Å². The van der Waals surface area contributed by atoms with Gasteiger partial charge in [0.2, 0.25) is 0 Å². The maximum atomic E-state index is 9.59. The summed E-state index contributed by atoms with van der Waals surface area (Å²) in [5, 5.41) is 19.4. The van der Waals surface area contributed by atoms with Crippen LogP contribution in [0, 0.1) is 29.8 Å². The highest BCUT2D eigenvalue weighted by Crippen LogP contribution is 2.32. The zero-order valence-electron chi connectivity index (χ0n) is 15.0. The smallest absolute Gasteiger partial charge is 0.146 e. The van der Waals surface area contributed by atoms with Gasteiger partial charge >= 0.3 is 0 Å². The Morgan fingerprint density at radius 2 is 1.66 bits per heavy atom. The number of benzene rings is 3. The lowest BCUT2D eigenvalue weighted by Crippen LogP contribution is -2.01. The Bertz CT molecular complexity index is 1150. The molecule has 0 aliphatic heterocycles. The van der Waals surface area contributed by atoms with Crippen molar-refractivity contribution in [2.24, 2.45) is 0 Å². The molecule has 0 spiro atoms. The van der Waals surface area contributed by atoms with Gasteiger partial charge in [-0.25, -0.2) is 0 Å². The molecule has 0 aromatic heterocycles. The number of rotatable bonds is 5. The molecule has 3 aromatic carbocycles. The molecule has 3 nitrogen and oxygen atoms in total. The monoisotopic (exact) mass is 622 g/mol. The van der Waals surface area contributed by atoms with E-state index in [0.717, 1.165) is 24.0 Å². The van der Waals surface area contributed by atoms with Crippen LogP contribution in [0.3, 0.4) is 0 Å². The summed E-state index contributed by atoms with van der Waals surface area (Å²) in [4.78, 5) is 0. The standard InChI is InChI=1S/C23H13ClI2N2O/c24-20-8-4-3-7-19(20)18(13-28)9-15-10-21(25)23(22(26)11-15)29-14-17-6-2-1-5-16(17)12-27/h1-11H,14H2. The first-order valence-corrected chi connectivity index (χ1v) is 11.0. The Morgan fingerprint density at radius 3 is 2.31 bits per heavy atom. The van der Waals surface area contributed by atoms with E-state index in [0.29, 0.717) is 28.3 Å². The van der Waals surface area contributed by atoms with Crippen LogP contribution in [0.4, 0.5) is 0 Å². The van der Waals surface area contributed by atoms with E-state index in [4.69, 9.17) is 16.3 Å². The van der Waals surface area contributed by atoms with Gasteiger partial charge in [-0.2, -0.15) is 10.5 Å². The largest absolute Gasteiger partial charge is 0.487 e. The SMILES string of the molecule is N#CC(=Cc1cc(I)c(OCc2ccccc2C#N)c(I)c1)c1ccccc1Cl. The molecule has 0 amide bonds. The molecular formula is C23H13ClI2N2O. The molecule has 0 atom stereocenters. The number of ether oxygens (including phenoxy) is 1. The molecule has 142 valence electrons. The van der Waals surface area contributed by atoms with E-state index in [9.17, 15) is 10.5 Å². The number of nitriles is 2. The van der Waals surface area contributed by atoms with Gasteiger partial charge < -0.3 is 4.74 Å². The fraction of sp³-hybridized carbons (Fsp3) is 0.0435. The minimum Gasteiger partial charge on any atom is -0.487 e. The third-order valence-corrected chi connectivity index (χ3v) is 6.06. The van der Waals surface area contributed by atoms with E-state index in [2.05, 4.69) is 57.3 Å². The highest BCUT2D eigenvalue weighted by Gasteiger charge is 2.12. The van der Waals surface area contributed by atoms with Crippen molar-refractivity contribution in [3.05, 3.63) is 95.1 Å². The molecule has 0 unspecified atom stereocenters. The topological polar surface area (TPSA) is 56.8 Å². The number of nitrogens with zero attached hydrogens (tertiary/aromatic N) is 2. The van der Waals surface area contributed by atoms with Crippen LogP contribution in [0.15, 0.2) is 60.7 Å². The van der Waals surface area contributed by atoms with E-state index < -0.39 is 0 Å². The van der Waals surface area contributed by atoms with Crippen LogP contribution in [0.2, 0.25) is 5.02 Å². The van der Waals surface area contributed by atoms with Crippen molar-refractivity contribution < 1.29 is 4.74 Å². The van der Waals surface area contributed by atoms with Gasteiger partial charge in [-0.3, -0.25) is 0 Å². The Hall–Kier alpha value is -2.07. The summed E-state index contributed by atoms with van der Waals surface area (Å²) in [7, 11) is 0. The van der Waals surface area contributed by atoms with Crippen LogP contribution in [0.1, 0.15) is 22.3 Å². The first-order valence-electron chi connectivity index (χ1n) is 8.50. The molecule has 0 N–H and O–H groups in total. The lowest BCUT2D eigenvalue weighted by Gasteiger charge is -2.12. The summed E-state index contributed by atoms with van der Waals surface area (Å²) < 4.78 is 7.86. The zero-order chi connectivity index (χ0) is 20.8. The predicted octanol–water partition coefficient (Wildman–Crippen LogP) is 7.06. The molecule has 6 heteroatoms. The first-order chi connectivity index (χ1) is 14.0. The van der Waals surface area contributed by atoms with E-state index in [1.807, 2.05) is 54.6 Å². The van der Waals surface area contributed by atoms with Crippen molar-refractivity contribution in [3.8, 4) is 17.9 Å². The Morgan fingerprint density at radius 1 is 1.00 bits per heavy atom. The Balaban J connectivity index is 1.89. The van der Waals surface area contributed by atoms with Crippen LogP contribution in [0.25, 0.3) is 11.6 Å². The Labute approximate surface area is 201 Å². The number of hydrogen-bond donors (Lipinski definition) is 0. The van der Waals surface area contributed by atoms with Crippen LogP contribution < -0.4 is 4.74 Å². The normalized spacial score (nSPS) is 10.9. The van der Waals surface area contributed by atoms with Gasteiger partial charge in [0.05, 0.1) is 30.4 Å². The lowest BCUT2D eigenvalue weighted by molar-refractivity contribution is 0.301. The molecule has 29 heavy (non-hydrogen) atoms. The fourth-order valence-corrected chi connectivity index (χ4v) is 5.09. The molecule has 0 aliphatic rings. The van der Waals surface area contributed by atoms with Gasteiger partial charge in [0.1, 0.15) is 12.4 Å². The third-order valence-electron chi connectivity index (χ3n) is 4.13. The average molecular weight is 623 g/mol. The second-order valence-corrected chi connectivity index (χ2v) is 8.75. The summed E-state index contributed by atoms with van der Waals surface area (Å²) in [6.07, 6.45) is 1.82. The summed E-state index contributed by atoms with van der Waals surface area (Å²) in [5.74, 6) is 0.757. The third kappa shape index (κ3) is 5.30. The highest BCUT2D eigenvalue weighted by atomic mass is 127. The van der Waals surface area contributed by atoms with Crippen molar-refractivity contribution in [2.45, 2.75) is 6.61 Å². The first kappa shape index (κ1) is 21.6. The van der Waals surface area contributed by atoms with Crippen LogP contribution in [-0.2, 0) is 6.61 Å². The average Bonchev–Trinajstić information content (AvgIpc) is 2.72. The molecule has 0 saturated heterocycles. The van der Waals surface area contributed by atoms with Gasteiger partial charge in [0, 0.05) is 16.1 Å². The van der Waals surface area contributed by atoms with Gasteiger partial charge in [0.25, 0.3) is 0 Å². The summed E-state index contributed by atoms with van der Waals surface area (Å²) in [6, 6.07) is 23.0. The molecule has 3 aromatic rings. The summed E-state index contributed by atoms with van der Waals surface area (Å²) >= 11 is 10.7. The highest BCUT2D eigenvalue weighted by molar-refractivity contribution is 14.1. The maximum absolute atomic E-state index is 9.59. The maximum Gasteiger partial charge on any atom is 0.146 e. The number of halogens is 3. The lowest BCUT2D eigenvalue weighted by atomic mass is 10.0. The Kier molecular flexibility index (Phi) is 7.54. The second-order valence-electron chi connectivity index (χ2n) is 6.02. The molecule has 0 radical (unpaired) electrons. The van der Waals surface area contributed by atoms with Crippen LogP contribution in [0.5, 0.6) is 5.75 Å². The number of allylic oxidation sites excluding steroid dienone is 1. The summed E-state index contributed by atoms with van der Waals surface area (Å²) in [5.41, 5.74) is 3.54. The minimum absolute atomic E-state index is 0.313. The molecular weight excluding hydrogens is 610 g/mol. The van der Waals surface area contributed by atoms with Crippen molar-refractivity contribution in [3.63, 3.8) is 0 Å². The van der Waals surface area contributed by atoms with Crippen molar-refractivity contribution >= 4 is 68.4 Å². The minimum atomic E-state index is 0.313. The van der Waals surface area contributed by atoms with E-state index in [1.165, 1.54) is 0 Å². The van der Waals surface area contributed by atoms with E-state index in [1.54, 1.807) is 12.1 Å². The van der Waals surface area contributed by atoms with Crippen molar-refractivity contribution in [1.82, 2.24) is 0 Å². The van der Waals surface area contributed by atoms with Crippen molar-refractivity contribution in [1.29, 1.82) is 10.5 Å². The van der Waals surface area contributed by atoms with Crippen LogP contribution in [-0.4, -0.2) is 0 Å². The van der Waals surface area contributed by atoms with Gasteiger partial charge in [-0.15, -0.1) is 0 Å². The molecule has 0 heterocycles. The molecule has 0 bridgehead atoms. The fourth-order valence-electron chi connectivity index (χ4n) is 2.72. The van der Waals surface area contributed by atoms with Crippen LogP contribution >= 0.6 is 56.8 Å². The molecule has 0 aliphatic carbocycles.